The van der Waals surface area contributed by atoms with Crippen molar-refractivity contribution in [3.05, 3.63) is 88.2 Å². The molecule has 164 valence electrons. The first-order chi connectivity index (χ1) is 15.5. The molecule has 0 bridgehead atoms. The predicted octanol–water partition coefficient (Wildman–Crippen LogP) is 5.35. The van der Waals surface area contributed by atoms with Crippen LogP contribution in [0.25, 0.3) is 22.1 Å². The Kier molecular flexibility index (Phi) is 6.75. The standard InChI is InChI=1S/C25H23ClN2O4/c1-27-28(2)15-16-30-19-11-7-17(8-12-19)23-21-5-3-4-6-22(21)32-25(29)24(23)31-20-13-9-18(26)10-14-20/h3-14,27H,15-16H2,1-2H3. The van der Waals surface area contributed by atoms with Gasteiger partial charge in [-0.15, -0.1) is 0 Å². The highest BCUT2D eigenvalue weighted by Crippen LogP contribution is 2.37. The second kappa shape index (κ2) is 9.87. The van der Waals surface area contributed by atoms with E-state index in [9.17, 15) is 4.79 Å². The van der Waals surface area contributed by atoms with Gasteiger partial charge in [0.2, 0.25) is 5.75 Å². The summed E-state index contributed by atoms with van der Waals surface area (Å²) in [4.78, 5) is 12.8. The van der Waals surface area contributed by atoms with Crippen molar-refractivity contribution in [1.82, 2.24) is 10.4 Å². The molecule has 0 aliphatic carbocycles. The largest absolute Gasteiger partial charge is 0.492 e. The van der Waals surface area contributed by atoms with E-state index >= 15 is 0 Å². The molecule has 3 aromatic carbocycles. The summed E-state index contributed by atoms with van der Waals surface area (Å²) in [5.41, 5.74) is 4.44. The fourth-order valence-electron chi connectivity index (χ4n) is 3.26. The zero-order chi connectivity index (χ0) is 22.5. The number of hydrazine groups is 1. The molecule has 0 amide bonds. The quantitative estimate of drug-likeness (QED) is 0.288. The smallest absolute Gasteiger partial charge is 0.380 e. The minimum absolute atomic E-state index is 0.121. The van der Waals surface area contributed by atoms with Crippen LogP contribution in [0.4, 0.5) is 0 Å². The Bertz CT molecular complexity index is 1250. The third kappa shape index (κ3) is 4.94. The maximum Gasteiger partial charge on any atom is 0.380 e. The summed E-state index contributed by atoms with van der Waals surface area (Å²) in [6.07, 6.45) is 0. The van der Waals surface area contributed by atoms with Crippen molar-refractivity contribution in [2.45, 2.75) is 0 Å². The molecular weight excluding hydrogens is 428 g/mol. The third-order valence-electron chi connectivity index (χ3n) is 5.03. The molecule has 4 aromatic rings. The van der Waals surface area contributed by atoms with Crippen molar-refractivity contribution < 1.29 is 13.9 Å². The van der Waals surface area contributed by atoms with Gasteiger partial charge in [-0.05, 0) is 55.1 Å². The van der Waals surface area contributed by atoms with Gasteiger partial charge < -0.3 is 13.9 Å². The van der Waals surface area contributed by atoms with Crippen LogP contribution in [0.5, 0.6) is 17.2 Å². The first kappa shape index (κ1) is 21.9. The number of nitrogens with zero attached hydrogens (tertiary/aromatic N) is 1. The first-order valence-corrected chi connectivity index (χ1v) is 10.5. The topological polar surface area (TPSA) is 63.9 Å². The Morgan fingerprint density at radius 3 is 2.38 bits per heavy atom. The number of rotatable bonds is 8. The highest BCUT2D eigenvalue weighted by molar-refractivity contribution is 6.30. The lowest BCUT2D eigenvalue weighted by atomic mass is 10.0. The molecule has 0 unspecified atom stereocenters. The van der Waals surface area contributed by atoms with E-state index in [0.29, 0.717) is 28.5 Å². The van der Waals surface area contributed by atoms with Gasteiger partial charge in [0, 0.05) is 29.6 Å². The zero-order valence-electron chi connectivity index (χ0n) is 17.8. The molecule has 0 fully saturated rings. The van der Waals surface area contributed by atoms with E-state index in [1.165, 1.54) is 0 Å². The summed E-state index contributed by atoms with van der Waals surface area (Å²) >= 11 is 5.97. The Morgan fingerprint density at radius 2 is 1.66 bits per heavy atom. The number of benzene rings is 3. The molecule has 6 nitrogen and oxygen atoms in total. The highest BCUT2D eigenvalue weighted by Gasteiger charge is 2.18. The normalized spacial score (nSPS) is 11.1. The van der Waals surface area contributed by atoms with Gasteiger partial charge >= 0.3 is 5.63 Å². The predicted molar refractivity (Wildman–Crippen MR) is 127 cm³/mol. The molecule has 4 rings (SSSR count). The van der Waals surface area contributed by atoms with E-state index in [1.807, 2.05) is 61.6 Å². The first-order valence-electron chi connectivity index (χ1n) is 10.2. The van der Waals surface area contributed by atoms with Crippen molar-refractivity contribution in [3.8, 4) is 28.4 Å². The van der Waals surface area contributed by atoms with Crippen LogP contribution in [-0.4, -0.2) is 32.3 Å². The fraction of sp³-hybridized carbons (Fsp3) is 0.160. The Balaban J connectivity index is 1.71. The number of para-hydroxylation sites is 1. The van der Waals surface area contributed by atoms with Gasteiger partial charge in [-0.1, -0.05) is 41.9 Å². The number of halogens is 1. The van der Waals surface area contributed by atoms with Gasteiger partial charge in [0.15, 0.2) is 0 Å². The van der Waals surface area contributed by atoms with Crippen LogP contribution in [0, 0.1) is 0 Å². The van der Waals surface area contributed by atoms with E-state index in [2.05, 4.69) is 5.43 Å². The minimum Gasteiger partial charge on any atom is -0.492 e. The molecule has 0 saturated carbocycles. The average Bonchev–Trinajstić information content (AvgIpc) is 2.81. The van der Waals surface area contributed by atoms with Crippen molar-refractivity contribution in [2.24, 2.45) is 0 Å². The van der Waals surface area contributed by atoms with E-state index < -0.39 is 5.63 Å². The molecule has 1 N–H and O–H groups in total. The number of ether oxygens (including phenoxy) is 2. The lowest BCUT2D eigenvalue weighted by molar-refractivity contribution is 0.199. The van der Waals surface area contributed by atoms with Gasteiger partial charge in [-0.3, -0.25) is 5.43 Å². The molecule has 0 spiro atoms. The monoisotopic (exact) mass is 450 g/mol. The molecule has 0 saturated heterocycles. The Morgan fingerprint density at radius 1 is 0.969 bits per heavy atom. The summed E-state index contributed by atoms with van der Waals surface area (Å²) < 4.78 is 17.3. The van der Waals surface area contributed by atoms with Gasteiger partial charge in [0.05, 0.1) is 0 Å². The van der Waals surface area contributed by atoms with Crippen molar-refractivity contribution in [3.63, 3.8) is 0 Å². The lowest BCUT2D eigenvalue weighted by Crippen LogP contribution is -2.34. The molecule has 32 heavy (non-hydrogen) atoms. The Hall–Kier alpha value is -3.32. The molecule has 0 aliphatic rings. The van der Waals surface area contributed by atoms with Gasteiger partial charge in [-0.25, -0.2) is 9.80 Å². The molecule has 1 aromatic heterocycles. The average molecular weight is 451 g/mol. The maximum atomic E-state index is 12.8. The number of hydrogen-bond donors (Lipinski definition) is 1. The van der Waals surface area contributed by atoms with Crippen LogP contribution in [0.1, 0.15) is 0 Å². The van der Waals surface area contributed by atoms with Crippen LogP contribution in [0.15, 0.2) is 82.0 Å². The van der Waals surface area contributed by atoms with Crippen molar-refractivity contribution >= 4 is 22.6 Å². The number of likely N-dealkylation sites (N-methyl/N-ethyl adjacent to an activating group) is 1. The molecule has 1 heterocycles. The molecule has 7 heteroatoms. The van der Waals surface area contributed by atoms with Crippen LogP contribution >= 0.6 is 11.6 Å². The number of fused-ring (bicyclic) bond motifs is 1. The third-order valence-corrected chi connectivity index (χ3v) is 5.28. The summed E-state index contributed by atoms with van der Waals surface area (Å²) in [6, 6.07) is 21.8. The van der Waals surface area contributed by atoms with Crippen molar-refractivity contribution in [2.75, 3.05) is 27.2 Å². The number of nitrogens with one attached hydrogen (secondary N) is 1. The summed E-state index contributed by atoms with van der Waals surface area (Å²) in [7, 11) is 3.81. The number of hydrogen-bond acceptors (Lipinski definition) is 6. The SMILES string of the molecule is CNN(C)CCOc1ccc(-c2c(Oc3ccc(Cl)cc3)c(=O)oc3ccccc23)cc1. The van der Waals surface area contributed by atoms with Crippen LogP contribution in [0.3, 0.4) is 0 Å². The van der Waals surface area contributed by atoms with Crippen molar-refractivity contribution in [1.29, 1.82) is 0 Å². The van der Waals surface area contributed by atoms with Gasteiger partial charge in [0.1, 0.15) is 23.7 Å². The van der Waals surface area contributed by atoms with Gasteiger partial charge in [-0.2, -0.15) is 0 Å². The van der Waals surface area contributed by atoms with E-state index in [-0.39, 0.29) is 5.75 Å². The van der Waals surface area contributed by atoms with Gasteiger partial charge in [0.25, 0.3) is 0 Å². The van der Waals surface area contributed by atoms with Crippen LogP contribution in [0.2, 0.25) is 5.02 Å². The van der Waals surface area contributed by atoms with E-state index in [1.54, 1.807) is 30.3 Å². The minimum atomic E-state index is -0.552. The molecular formula is C25H23ClN2O4. The second-order valence-corrected chi connectivity index (χ2v) is 7.60. The summed E-state index contributed by atoms with van der Waals surface area (Å²) in [5.74, 6) is 1.35. The Labute approximate surface area is 190 Å². The molecule has 0 atom stereocenters. The summed E-state index contributed by atoms with van der Waals surface area (Å²) in [6.45, 7) is 1.28. The van der Waals surface area contributed by atoms with E-state index in [0.717, 1.165) is 23.2 Å². The summed E-state index contributed by atoms with van der Waals surface area (Å²) in [5, 5.41) is 3.30. The highest BCUT2D eigenvalue weighted by atomic mass is 35.5. The molecule has 0 radical (unpaired) electrons. The maximum absolute atomic E-state index is 12.8. The van der Waals surface area contributed by atoms with Crippen LogP contribution < -0.4 is 20.5 Å². The second-order valence-electron chi connectivity index (χ2n) is 7.16. The zero-order valence-corrected chi connectivity index (χ0v) is 18.6. The van der Waals surface area contributed by atoms with E-state index in [4.69, 9.17) is 25.5 Å². The fourth-order valence-corrected chi connectivity index (χ4v) is 3.39. The lowest BCUT2D eigenvalue weighted by Gasteiger charge is -2.16. The van der Waals surface area contributed by atoms with Crippen LogP contribution in [-0.2, 0) is 0 Å². The molecule has 0 aliphatic heterocycles.